The first kappa shape index (κ1) is 31.6. The van der Waals surface area contributed by atoms with Gasteiger partial charge in [-0.05, 0) is 49.6 Å². The number of sulfonamides is 1. The summed E-state index contributed by atoms with van der Waals surface area (Å²) < 4.78 is 47.3. The number of benzene rings is 3. The van der Waals surface area contributed by atoms with Crippen molar-refractivity contribution in [2.75, 3.05) is 24.2 Å². The van der Waals surface area contributed by atoms with Crippen LogP contribution in [0.3, 0.4) is 0 Å². The van der Waals surface area contributed by atoms with Crippen LogP contribution < -0.4 is 14.4 Å². The molecule has 0 bridgehead atoms. The van der Waals surface area contributed by atoms with Gasteiger partial charge in [-0.2, -0.15) is 0 Å². The van der Waals surface area contributed by atoms with Crippen LogP contribution in [0.15, 0.2) is 72.8 Å². The van der Waals surface area contributed by atoms with Gasteiger partial charge in [-0.1, -0.05) is 61.5 Å². The number of aryl methyl sites for hydroxylation is 1. The number of nitrogens with zero attached hydrogens (tertiary/aromatic N) is 2. The van der Waals surface area contributed by atoms with Crippen molar-refractivity contribution in [1.29, 1.82) is 0 Å². The van der Waals surface area contributed by atoms with Gasteiger partial charge in [0, 0.05) is 24.6 Å². The SMILES string of the molecule is CC[C@H](C)NC(=O)[C@H](Cc1ccccc1)N(Cc1ccccc1F)C(=O)CN(c1cc(C)ccc1OC)S(C)(=O)=O. The minimum atomic E-state index is -3.97. The summed E-state index contributed by atoms with van der Waals surface area (Å²) in [5, 5.41) is 2.95. The molecule has 3 aromatic carbocycles. The lowest BCUT2D eigenvalue weighted by Crippen LogP contribution is -2.54. The Balaban J connectivity index is 2.11. The first-order valence-corrected chi connectivity index (χ1v) is 15.3. The Bertz CT molecular complexity index is 1450. The van der Waals surface area contributed by atoms with E-state index in [1.807, 2.05) is 44.2 Å². The number of nitrogens with one attached hydrogen (secondary N) is 1. The number of carbonyl (C=O) groups excluding carboxylic acids is 2. The molecule has 8 nitrogen and oxygen atoms in total. The summed E-state index contributed by atoms with van der Waals surface area (Å²) in [5.41, 5.74) is 1.95. The number of methoxy groups -OCH3 is 1. The second-order valence-corrected chi connectivity index (χ2v) is 12.0. The number of rotatable bonds is 13. The smallest absolute Gasteiger partial charge is 0.244 e. The van der Waals surface area contributed by atoms with E-state index in [0.29, 0.717) is 6.42 Å². The molecule has 0 unspecified atom stereocenters. The van der Waals surface area contributed by atoms with E-state index in [9.17, 15) is 22.4 Å². The highest BCUT2D eigenvalue weighted by Crippen LogP contribution is 2.31. The van der Waals surface area contributed by atoms with Gasteiger partial charge in [-0.25, -0.2) is 12.8 Å². The van der Waals surface area contributed by atoms with Gasteiger partial charge in [0.25, 0.3) is 0 Å². The van der Waals surface area contributed by atoms with E-state index in [0.717, 1.165) is 21.7 Å². The first-order chi connectivity index (χ1) is 19.4. The normalized spacial score (nSPS) is 12.7. The van der Waals surface area contributed by atoms with Crippen molar-refractivity contribution < 1.29 is 27.1 Å². The van der Waals surface area contributed by atoms with Gasteiger partial charge < -0.3 is 15.0 Å². The molecular weight excluding hydrogens is 545 g/mol. The zero-order valence-corrected chi connectivity index (χ0v) is 24.9. The maximum absolute atomic E-state index is 14.9. The van der Waals surface area contributed by atoms with Crippen LogP contribution >= 0.6 is 0 Å². The third-order valence-electron chi connectivity index (χ3n) is 6.85. The van der Waals surface area contributed by atoms with Gasteiger partial charge in [-0.3, -0.25) is 13.9 Å². The number of hydrogen-bond donors (Lipinski definition) is 1. The average Bonchev–Trinajstić information content (AvgIpc) is 2.94. The molecule has 220 valence electrons. The molecule has 0 saturated heterocycles. The molecular formula is C31H38FN3O5S. The summed E-state index contributed by atoms with van der Waals surface area (Å²) >= 11 is 0. The second kappa shape index (κ2) is 14.1. The molecule has 2 amide bonds. The number of amides is 2. The lowest BCUT2D eigenvalue weighted by atomic mass is 10.0. The molecule has 3 aromatic rings. The van der Waals surface area contributed by atoms with Crippen LogP contribution in [0.2, 0.25) is 0 Å². The summed E-state index contributed by atoms with van der Waals surface area (Å²) in [6.45, 7) is 4.73. The largest absolute Gasteiger partial charge is 0.495 e. The Kier molecular flexibility index (Phi) is 10.9. The minimum absolute atomic E-state index is 0.149. The van der Waals surface area contributed by atoms with Crippen molar-refractivity contribution in [1.82, 2.24) is 10.2 Å². The monoisotopic (exact) mass is 583 g/mol. The van der Waals surface area contributed by atoms with Crippen LogP contribution in [-0.2, 0) is 32.6 Å². The Hall–Kier alpha value is -3.92. The molecule has 0 aliphatic carbocycles. The Morgan fingerprint density at radius 3 is 2.29 bits per heavy atom. The Morgan fingerprint density at radius 1 is 1.02 bits per heavy atom. The van der Waals surface area contributed by atoms with Crippen LogP contribution in [0, 0.1) is 12.7 Å². The van der Waals surface area contributed by atoms with Gasteiger partial charge in [0.1, 0.15) is 24.2 Å². The topological polar surface area (TPSA) is 96.0 Å². The van der Waals surface area contributed by atoms with E-state index in [2.05, 4.69) is 5.32 Å². The third-order valence-corrected chi connectivity index (χ3v) is 7.98. The van der Waals surface area contributed by atoms with Gasteiger partial charge in [0.15, 0.2) is 0 Å². The van der Waals surface area contributed by atoms with Crippen molar-refractivity contribution in [2.45, 2.75) is 52.2 Å². The number of hydrogen-bond acceptors (Lipinski definition) is 5. The molecule has 41 heavy (non-hydrogen) atoms. The van der Waals surface area contributed by atoms with E-state index in [-0.39, 0.29) is 36.0 Å². The Morgan fingerprint density at radius 2 is 1.68 bits per heavy atom. The molecule has 2 atom stereocenters. The van der Waals surface area contributed by atoms with Gasteiger partial charge in [0.05, 0.1) is 19.1 Å². The highest BCUT2D eigenvalue weighted by Gasteiger charge is 2.34. The number of carbonyl (C=O) groups is 2. The Labute approximate surface area is 242 Å². The molecule has 0 aliphatic rings. The van der Waals surface area contributed by atoms with E-state index in [1.54, 1.807) is 37.3 Å². The molecule has 0 aliphatic heterocycles. The zero-order chi connectivity index (χ0) is 30.2. The summed E-state index contributed by atoms with van der Waals surface area (Å²) in [5.74, 6) is -1.34. The van der Waals surface area contributed by atoms with Crippen molar-refractivity contribution in [2.24, 2.45) is 0 Å². The fraction of sp³-hybridized carbons (Fsp3) is 0.355. The predicted molar refractivity (Wildman–Crippen MR) is 159 cm³/mol. The van der Waals surface area contributed by atoms with E-state index in [4.69, 9.17) is 4.74 Å². The molecule has 0 spiro atoms. The highest BCUT2D eigenvalue weighted by molar-refractivity contribution is 7.92. The van der Waals surface area contributed by atoms with Gasteiger partial charge >= 0.3 is 0 Å². The molecule has 0 saturated carbocycles. The van der Waals surface area contributed by atoms with Crippen molar-refractivity contribution in [3.8, 4) is 5.75 Å². The van der Waals surface area contributed by atoms with Gasteiger partial charge in [-0.15, -0.1) is 0 Å². The maximum Gasteiger partial charge on any atom is 0.244 e. The minimum Gasteiger partial charge on any atom is -0.495 e. The lowest BCUT2D eigenvalue weighted by molar-refractivity contribution is -0.140. The molecule has 0 heterocycles. The third kappa shape index (κ3) is 8.53. The molecule has 0 fully saturated rings. The second-order valence-electron chi connectivity index (χ2n) is 10.1. The molecule has 10 heteroatoms. The highest BCUT2D eigenvalue weighted by atomic mass is 32.2. The lowest BCUT2D eigenvalue weighted by Gasteiger charge is -2.34. The zero-order valence-electron chi connectivity index (χ0n) is 24.1. The summed E-state index contributed by atoms with van der Waals surface area (Å²) in [7, 11) is -2.56. The van der Waals surface area contributed by atoms with E-state index >= 15 is 0 Å². The van der Waals surface area contributed by atoms with Crippen LogP contribution in [-0.4, -0.2) is 57.1 Å². The quantitative estimate of drug-likeness (QED) is 0.321. The van der Waals surface area contributed by atoms with Crippen molar-refractivity contribution in [3.63, 3.8) is 0 Å². The van der Waals surface area contributed by atoms with E-state index < -0.39 is 40.2 Å². The number of anilines is 1. The van der Waals surface area contributed by atoms with E-state index in [1.165, 1.54) is 24.1 Å². The van der Waals surface area contributed by atoms with Crippen LogP contribution in [0.1, 0.15) is 37.0 Å². The summed E-state index contributed by atoms with van der Waals surface area (Å²) in [4.78, 5) is 29.1. The molecule has 0 radical (unpaired) electrons. The number of ether oxygens (including phenoxy) is 1. The van der Waals surface area contributed by atoms with Crippen LogP contribution in [0.5, 0.6) is 5.75 Å². The summed E-state index contributed by atoms with van der Waals surface area (Å²) in [6.07, 6.45) is 1.82. The molecule has 3 rings (SSSR count). The van der Waals surface area contributed by atoms with Crippen molar-refractivity contribution >= 4 is 27.5 Å². The predicted octanol–water partition coefficient (Wildman–Crippen LogP) is 4.46. The standard InChI is InChI=1S/C31H38FN3O5S/c1-6-23(3)33-31(37)28(19-24-12-8-7-9-13-24)34(20-25-14-10-11-15-26(25)32)30(36)21-35(41(5,38)39)27-18-22(2)16-17-29(27)40-4/h7-18,23,28H,6,19-21H2,1-5H3,(H,33,37)/t23-,28-/m0/s1. The van der Waals surface area contributed by atoms with Crippen molar-refractivity contribution in [3.05, 3.63) is 95.3 Å². The fourth-order valence-corrected chi connectivity index (χ4v) is 5.24. The molecule has 1 N–H and O–H groups in total. The number of halogens is 1. The maximum atomic E-state index is 14.9. The fourth-order valence-electron chi connectivity index (χ4n) is 4.39. The van der Waals surface area contributed by atoms with Crippen LogP contribution in [0.25, 0.3) is 0 Å². The average molecular weight is 584 g/mol. The van der Waals surface area contributed by atoms with Crippen LogP contribution in [0.4, 0.5) is 10.1 Å². The molecule has 0 aromatic heterocycles. The summed E-state index contributed by atoms with van der Waals surface area (Å²) in [6, 6.07) is 19.0. The first-order valence-electron chi connectivity index (χ1n) is 13.4. The van der Waals surface area contributed by atoms with Gasteiger partial charge in [0.2, 0.25) is 21.8 Å².